The van der Waals surface area contributed by atoms with Crippen molar-refractivity contribution in [3.8, 4) is 11.1 Å². The fourth-order valence-corrected chi connectivity index (χ4v) is 4.12. The fraction of sp³-hybridized carbons (Fsp3) is 0.345. The second-order valence-electron chi connectivity index (χ2n) is 8.66. The van der Waals surface area contributed by atoms with Gasteiger partial charge in [-0.3, -0.25) is 6.08 Å². The van der Waals surface area contributed by atoms with Gasteiger partial charge in [0.1, 0.15) is 0 Å². The van der Waals surface area contributed by atoms with Gasteiger partial charge in [0.25, 0.3) is 0 Å². The molecule has 0 saturated heterocycles. The molecule has 0 radical (unpaired) electrons. The maximum atomic E-state index is 6.33. The van der Waals surface area contributed by atoms with Crippen LogP contribution in [-0.2, 0) is 29.8 Å². The van der Waals surface area contributed by atoms with Gasteiger partial charge in [0.05, 0.1) is 0 Å². The Balaban J connectivity index is 0.000000614. The van der Waals surface area contributed by atoms with Gasteiger partial charge in [-0.15, -0.1) is 77.4 Å². The molecule has 182 valence electrons. The topological polar surface area (TPSA) is 0 Å². The van der Waals surface area contributed by atoms with E-state index < -0.39 is 0 Å². The number of aryl methyl sites for hydroxylation is 1. The number of benzene rings is 2. The Morgan fingerprint density at radius 2 is 1.59 bits per heavy atom. The van der Waals surface area contributed by atoms with E-state index in [2.05, 4.69) is 96.3 Å². The van der Waals surface area contributed by atoms with Gasteiger partial charge in [0.2, 0.25) is 0 Å². The van der Waals surface area contributed by atoms with Crippen molar-refractivity contribution in [2.45, 2.75) is 60.6 Å². The van der Waals surface area contributed by atoms with Crippen LogP contribution < -0.4 is 0 Å². The first-order chi connectivity index (χ1) is 15.2. The molecule has 1 aliphatic rings. The van der Waals surface area contributed by atoms with E-state index in [4.69, 9.17) is 11.6 Å². The monoisotopic (exact) mass is 608 g/mol. The van der Waals surface area contributed by atoms with Crippen molar-refractivity contribution < 1.29 is 23.3 Å². The molecule has 34 heavy (non-hydrogen) atoms. The van der Waals surface area contributed by atoms with Gasteiger partial charge < -0.3 is 0 Å². The van der Waals surface area contributed by atoms with Crippen molar-refractivity contribution >= 4 is 52.6 Å². The van der Waals surface area contributed by atoms with Crippen LogP contribution in [0.25, 0.3) is 21.9 Å². The molecule has 0 aliphatic heterocycles. The predicted octanol–water partition coefficient (Wildman–Crippen LogP) is 10.2. The summed E-state index contributed by atoms with van der Waals surface area (Å²) in [7, 11) is 0. The van der Waals surface area contributed by atoms with Crippen LogP contribution in [0.4, 0.5) is 0 Å². The average molecular weight is 611 g/mol. The van der Waals surface area contributed by atoms with Crippen LogP contribution in [0.3, 0.4) is 0 Å². The molecule has 1 atom stereocenters. The van der Waals surface area contributed by atoms with Crippen molar-refractivity contribution in [1.29, 1.82) is 0 Å². The molecular weight excluding hydrogens is 574 g/mol. The molecule has 0 fully saturated rings. The summed E-state index contributed by atoms with van der Waals surface area (Å²) < 4.78 is 0. The van der Waals surface area contributed by atoms with Gasteiger partial charge in [-0.05, 0) is 11.4 Å². The normalized spacial score (nSPS) is 14.2. The molecule has 0 saturated carbocycles. The number of halogens is 3. The Hall–Kier alpha value is -0.500. The summed E-state index contributed by atoms with van der Waals surface area (Å²) in [5.41, 5.74) is 8.48. The number of allylic oxidation sites excluding steroid dienone is 4. The smallest absolute Gasteiger partial charge is 0.147 e. The van der Waals surface area contributed by atoms with E-state index >= 15 is 0 Å². The van der Waals surface area contributed by atoms with Crippen molar-refractivity contribution in [3.63, 3.8) is 0 Å². The van der Waals surface area contributed by atoms with E-state index in [1.54, 1.807) is 23.3 Å². The van der Waals surface area contributed by atoms with E-state index in [0.717, 1.165) is 17.9 Å². The molecule has 5 heteroatoms. The maximum Gasteiger partial charge on any atom is -0.147 e. The molecule has 0 nitrogen and oxygen atoms in total. The first-order valence-electron chi connectivity index (χ1n) is 11.4. The molecule has 0 spiro atoms. The fourth-order valence-electron chi connectivity index (χ4n) is 3.90. The number of hydrogen-bond acceptors (Lipinski definition) is 0. The molecule has 1 unspecified atom stereocenters. The molecule has 0 aromatic heterocycles. The van der Waals surface area contributed by atoms with Gasteiger partial charge in [0, 0.05) is 0 Å². The van der Waals surface area contributed by atoms with Crippen molar-refractivity contribution in [3.05, 3.63) is 88.0 Å². The van der Waals surface area contributed by atoms with Crippen molar-refractivity contribution in [1.82, 2.24) is 0 Å². The second-order valence-corrected chi connectivity index (χ2v) is 18.4. The van der Waals surface area contributed by atoms with E-state index in [1.807, 2.05) is 12.1 Å². The van der Waals surface area contributed by atoms with Crippen LogP contribution in [0.1, 0.15) is 46.6 Å². The third kappa shape index (κ3) is 9.18. The van der Waals surface area contributed by atoms with E-state index in [-0.39, 0.29) is 30.2 Å². The summed E-state index contributed by atoms with van der Waals surface area (Å²) in [6.07, 6.45) is 5.60. The van der Waals surface area contributed by atoms with E-state index in [1.165, 1.54) is 44.2 Å². The molecule has 1 aliphatic carbocycles. The average Bonchev–Trinajstić information content (AvgIpc) is 3.22. The van der Waals surface area contributed by atoms with Crippen molar-refractivity contribution in [2.24, 2.45) is 5.92 Å². The zero-order chi connectivity index (χ0) is 23.8. The summed E-state index contributed by atoms with van der Waals surface area (Å²) >= 11 is 8.07. The van der Waals surface area contributed by atoms with Crippen LogP contribution in [0, 0.1) is 12.0 Å². The number of fused-ring (bicyclic) bond motifs is 1. The molecule has 0 N–H and O–H groups in total. The molecule has 4 rings (SSSR count). The zero-order valence-corrected chi connectivity index (χ0v) is 27.2. The summed E-state index contributed by atoms with van der Waals surface area (Å²) in [5, 5.41) is 3.28. The number of hydrogen-bond donors (Lipinski definition) is 0. The van der Waals surface area contributed by atoms with Crippen molar-refractivity contribution in [2.75, 3.05) is 0 Å². The van der Waals surface area contributed by atoms with E-state index in [0.29, 0.717) is 5.92 Å². The summed E-state index contributed by atoms with van der Waals surface area (Å²) in [4.78, 5) is 0. The summed E-state index contributed by atoms with van der Waals surface area (Å²) in [5.74, 6) is 0.560. The maximum absolute atomic E-state index is 6.33. The second kappa shape index (κ2) is 16.3. The van der Waals surface area contributed by atoms with Crippen LogP contribution >= 0.6 is 36.4 Å². The minimum absolute atomic E-state index is 0. The Bertz CT molecular complexity index is 1120. The van der Waals surface area contributed by atoms with Gasteiger partial charge in [-0.25, -0.2) is 5.57 Å². The Morgan fingerprint density at radius 3 is 2.03 bits per heavy atom. The standard InChI is InChI=1S/C18H16Cl.C9H13.C2H6Si.2ClH.Zr/c1-2-7-14-12-16-15(10-6-11-17(16)19)18(14)13-8-4-3-5-9-13;1-6-5-7(2)9(4)8(6)3;1-3-2;;;/h3-6,8-12H,2,7H2,1H3;6H,1-4H3;1-2H3;2*1H;/q2*-1;;;;+2. The zero-order valence-electron chi connectivity index (χ0n) is 21.4. The van der Waals surface area contributed by atoms with Crippen LogP contribution in [0.5, 0.6) is 0 Å². The van der Waals surface area contributed by atoms with Gasteiger partial charge in [0.15, 0.2) is 0 Å². The number of rotatable bonds is 3. The van der Waals surface area contributed by atoms with Crippen LogP contribution in [-0.4, -0.2) is 5.43 Å². The first-order valence-corrected chi connectivity index (χ1v) is 18.0. The summed E-state index contributed by atoms with van der Waals surface area (Å²) in [6, 6.07) is 19.0. The van der Waals surface area contributed by atoms with Gasteiger partial charge in [-0.1, -0.05) is 88.1 Å². The minimum atomic E-state index is 0. The third-order valence-electron chi connectivity index (χ3n) is 5.78. The van der Waals surface area contributed by atoms with Gasteiger partial charge in [-0.2, -0.15) is 11.1 Å². The SMILES string of the molecule is CC1=[C-]C(C)C(C)=C1C.CCCc1[cH-]c2c(Cl)cccc2c1-c1ccccc1.C[Si](C)=[Zr+2].Cl.Cl. The Kier molecular flexibility index (Phi) is 16.0. The quantitative estimate of drug-likeness (QED) is 0.204. The molecule has 3 aromatic rings. The molecule has 0 amide bonds. The largest absolute Gasteiger partial charge is 0.147 e. The van der Waals surface area contributed by atoms with E-state index in [9.17, 15) is 0 Å². The summed E-state index contributed by atoms with van der Waals surface area (Å²) in [6.45, 7) is 15.5. The molecule has 0 heterocycles. The Morgan fingerprint density at radius 1 is 1.00 bits per heavy atom. The van der Waals surface area contributed by atoms with Crippen LogP contribution in [0.2, 0.25) is 18.1 Å². The molecule has 0 bridgehead atoms. The molecule has 3 aromatic carbocycles. The van der Waals surface area contributed by atoms with Crippen LogP contribution in [0.15, 0.2) is 71.3 Å². The predicted molar refractivity (Wildman–Crippen MR) is 156 cm³/mol. The van der Waals surface area contributed by atoms with Gasteiger partial charge >= 0.3 is 41.9 Å². The minimum Gasteiger partial charge on any atom is -0.147 e. The third-order valence-corrected chi connectivity index (χ3v) is 6.11. The first kappa shape index (κ1) is 33.5. The Labute approximate surface area is 239 Å². The molecular formula is C29H37Cl3SiZr.